The number of fused-ring (bicyclic) bond motifs is 3. The maximum Gasteiger partial charge on any atom is 0.304 e. The molecule has 3 aromatic rings. The Labute approximate surface area is 174 Å². The fourth-order valence-electron chi connectivity index (χ4n) is 4.22. The molecule has 0 aliphatic carbocycles. The van der Waals surface area contributed by atoms with Gasteiger partial charge in [-0.15, -0.1) is 0 Å². The minimum absolute atomic E-state index is 0.0713. The third-order valence-corrected chi connectivity index (χ3v) is 5.99. The lowest BCUT2D eigenvalue weighted by Crippen LogP contribution is -2.18. The van der Waals surface area contributed by atoms with Crippen LogP contribution in [-0.2, 0) is 24.2 Å². The predicted octanol–water partition coefficient (Wildman–Crippen LogP) is 4.89. The van der Waals surface area contributed by atoms with Crippen LogP contribution in [0.3, 0.4) is 0 Å². The van der Waals surface area contributed by atoms with Gasteiger partial charge in [0.25, 0.3) is 0 Å². The first-order valence-corrected chi connectivity index (χ1v) is 10.3. The van der Waals surface area contributed by atoms with Crippen LogP contribution in [0.15, 0.2) is 42.5 Å². The first kappa shape index (κ1) is 19.3. The average Bonchev–Trinajstić information content (AvgIpc) is 2.82. The highest BCUT2D eigenvalue weighted by Crippen LogP contribution is 2.33. The Morgan fingerprint density at radius 3 is 2.54 bits per heavy atom. The molecule has 0 bridgehead atoms. The molecule has 0 radical (unpaired) electrons. The van der Waals surface area contributed by atoms with E-state index in [4.69, 9.17) is 23.2 Å². The van der Waals surface area contributed by atoms with Crippen LogP contribution in [0.1, 0.15) is 29.2 Å². The number of carboxylic acid groups (broad SMARTS) is 1. The second-order valence-electron chi connectivity index (χ2n) is 7.29. The molecule has 2 heterocycles. The molecule has 2 N–H and O–H groups in total. The molecule has 0 saturated heterocycles. The van der Waals surface area contributed by atoms with Crippen molar-refractivity contribution in [1.82, 2.24) is 9.88 Å². The van der Waals surface area contributed by atoms with Gasteiger partial charge in [-0.3, -0.25) is 4.79 Å². The van der Waals surface area contributed by atoms with Crippen molar-refractivity contribution in [2.45, 2.75) is 31.7 Å². The second kappa shape index (κ2) is 8.16. The smallest absolute Gasteiger partial charge is 0.304 e. The van der Waals surface area contributed by atoms with Gasteiger partial charge in [0, 0.05) is 52.1 Å². The Bertz CT molecular complexity index is 1010. The zero-order valence-corrected chi connectivity index (χ0v) is 16.9. The van der Waals surface area contributed by atoms with E-state index in [2.05, 4.69) is 16.0 Å². The molecule has 28 heavy (non-hydrogen) atoms. The largest absolute Gasteiger partial charge is 0.481 e. The highest BCUT2D eigenvalue weighted by Gasteiger charge is 2.23. The second-order valence-corrected chi connectivity index (χ2v) is 8.17. The quantitative estimate of drug-likeness (QED) is 0.621. The van der Waals surface area contributed by atoms with E-state index >= 15 is 0 Å². The fourth-order valence-corrected chi connectivity index (χ4v) is 4.52. The van der Waals surface area contributed by atoms with Gasteiger partial charge in [-0.25, -0.2) is 0 Å². The van der Waals surface area contributed by atoms with E-state index in [1.807, 2.05) is 36.4 Å². The number of benzene rings is 2. The van der Waals surface area contributed by atoms with E-state index in [9.17, 15) is 9.90 Å². The molecule has 4 rings (SSSR count). The molecule has 1 atom stereocenters. The number of nitrogens with zero attached hydrogens (tertiary/aromatic N) is 1. The van der Waals surface area contributed by atoms with Gasteiger partial charge < -0.3 is 15.0 Å². The van der Waals surface area contributed by atoms with Crippen molar-refractivity contribution < 1.29 is 9.90 Å². The number of halogens is 2. The van der Waals surface area contributed by atoms with Crippen molar-refractivity contribution in [2.24, 2.45) is 0 Å². The lowest BCUT2D eigenvalue weighted by molar-refractivity contribution is -0.137. The number of hydrogen-bond donors (Lipinski definition) is 2. The standard InChI is InChI=1S/C22H22Cl2N2O2/c23-16-3-1-14(2-4-16)15(11-22(27)28)13-26-20-6-5-17(24)12-19(20)18-7-9-25-10-8-21(18)26/h1-6,12,15,25H,7-11,13H2,(H,27,28). The monoisotopic (exact) mass is 416 g/mol. The van der Waals surface area contributed by atoms with Crippen LogP contribution < -0.4 is 5.32 Å². The minimum Gasteiger partial charge on any atom is -0.481 e. The summed E-state index contributed by atoms with van der Waals surface area (Å²) in [6, 6.07) is 13.5. The minimum atomic E-state index is -0.799. The van der Waals surface area contributed by atoms with Gasteiger partial charge in [0.15, 0.2) is 0 Å². The molecule has 1 aromatic heterocycles. The normalized spacial score (nSPS) is 15.2. The summed E-state index contributed by atoms with van der Waals surface area (Å²) in [6.07, 6.45) is 1.94. The Hall–Kier alpha value is -2.01. The maximum atomic E-state index is 11.6. The lowest BCUT2D eigenvalue weighted by Gasteiger charge is -2.20. The molecule has 1 aliphatic rings. The van der Waals surface area contributed by atoms with Crippen molar-refractivity contribution in [2.75, 3.05) is 13.1 Å². The predicted molar refractivity (Wildman–Crippen MR) is 114 cm³/mol. The first-order chi connectivity index (χ1) is 13.5. The van der Waals surface area contributed by atoms with Gasteiger partial charge in [-0.05, 0) is 54.4 Å². The van der Waals surface area contributed by atoms with E-state index in [0.717, 1.165) is 42.0 Å². The third kappa shape index (κ3) is 3.90. The van der Waals surface area contributed by atoms with Gasteiger partial charge in [0.2, 0.25) is 0 Å². The summed E-state index contributed by atoms with van der Waals surface area (Å²) < 4.78 is 2.30. The molecule has 146 valence electrons. The van der Waals surface area contributed by atoms with Crippen LogP contribution in [0, 0.1) is 0 Å². The number of aliphatic carboxylic acids is 1. The fraction of sp³-hybridized carbons (Fsp3) is 0.318. The van der Waals surface area contributed by atoms with E-state index in [1.54, 1.807) is 0 Å². The molecule has 0 spiro atoms. The van der Waals surface area contributed by atoms with Crippen LogP contribution in [0.25, 0.3) is 10.9 Å². The van der Waals surface area contributed by atoms with Gasteiger partial charge in [-0.2, -0.15) is 0 Å². The summed E-state index contributed by atoms with van der Waals surface area (Å²) in [5.74, 6) is -0.937. The van der Waals surface area contributed by atoms with Gasteiger partial charge in [0.05, 0.1) is 6.42 Å². The Morgan fingerprint density at radius 2 is 1.79 bits per heavy atom. The van der Waals surface area contributed by atoms with Crippen LogP contribution in [0.4, 0.5) is 0 Å². The topological polar surface area (TPSA) is 54.3 Å². The van der Waals surface area contributed by atoms with Crippen molar-refractivity contribution in [3.63, 3.8) is 0 Å². The molecule has 2 aromatic carbocycles. The molecule has 1 unspecified atom stereocenters. The van der Waals surface area contributed by atoms with E-state index in [-0.39, 0.29) is 12.3 Å². The van der Waals surface area contributed by atoms with Gasteiger partial charge in [0.1, 0.15) is 0 Å². The summed E-state index contributed by atoms with van der Waals surface area (Å²) in [5, 5.41) is 15.5. The first-order valence-electron chi connectivity index (χ1n) is 9.50. The van der Waals surface area contributed by atoms with Crippen LogP contribution in [-0.4, -0.2) is 28.7 Å². The van der Waals surface area contributed by atoms with Crippen LogP contribution >= 0.6 is 23.2 Å². The van der Waals surface area contributed by atoms with E-state index < -0.39 is 5.97 Å². The van der Waals surface area contributed by atoms with E-state index in [1.165, 1.54) is 16.6 Å². The SMILES string of the molecule is O=C(O)CC(Cn1c2c(c3cc(Cl)ccc31)CCNCC2)c1ccc(Cl)cc1. The molecule has 0 amide bonds. The lowest BCUT2D eigenvalue weighted by atomic mass is 9.95. The molecular formula is C22H22Cl2N2O2. The highest BCUT2D eigenvalue weighted by atomic mass is 35.5. The van der Waals surface area contributed by atoms with E-state index in [0.29, 0.717) is 11.6 Å². The van der Waals surface area contributed by atoms with Crippen molar-refractivity contribution >= 4 is 40.1 Å². The number of carbonyl (C=O) groups is 1. The molecular weight excluding hydrogens is 395 g/mol. The number of nitrogens with one attached hydrogen (secondary N) is 1. The Kier molecular flexibility index (Phi) is 5.63. The third-order valence-electron chi connectivity index (χ3n) is 5.50. The summed E-state index contributed by atoms with van der Waals surface area (Å²) in [7, 11) is 0. The summed E-state index contributed by atoms with van der Waals surface area (Å²) in [4.78, 5) is 11.6. The molecule has 0 saturated carbocycles. The Morgan fingerprint density at radius 1 is 1.07 bits per heavy atom. The molecule has 4 nitrogen and oxygen atoms in total. The summed E-state index contributed by atoms with van der Waals surface area (Å²) >= 11 is 12.3. The van der Waals surface area contributed by atoms with Crippen LogP contribution in [0.5, 0.6) is 0 Å². The zero-order valence-electron chi connectivity index (χ0n) is 15.4. The van der Waals surface area contributed by atoms with Crippen molar-refractivity contribution in [1.29, 1.82) is 0 Å². The van der Waals surface area contributed by atoms with Crippen molar-refractivity contribution in [3.8, 4) is 0 Å². The average molecular weight is 417 g/mol. The number of rotatable bonds is 5. The van der Waals surface area contributed by atoms with Crippen molar-refractivity contribution in [3.05, 3.63) is 69.3 Å². The van der Waals surface area contributed by atoms with Crippen LogP contribution in [0.2, 0.25) is 10.0 Å². The summed E-state index contributed by atoms with van der Waals surface area (Å²) in [6.45, 7) is 2.47. The maximum absolute atomic E-state index is 11.6. The number of carboxylic acids is 1. The molecule has 6 heteroatoms. The zero-order chi connectivity index (χ0) is 19.7. The van der Waals surface area contributed by atoms with Gasteiger partial charge in [-0.1, -0.05) is 35.3 Å². The highest BCUT2D eigenvalue weighted by molar-refractivity contribution is 6.31. The molecule has 1 aliphatic heterocycles. The number of aromatic nitrogens is 1. The Balaban J connectivity index is 1.81. The van der Waals surface area contributed by atoms with Gasteiger partial charge >= 0.3 is 5.97 Å². The summed E-state index contributed by atoms with van der Waals surface area (Å²) in [5.41, 5.74) is 4.73. The molecule has 0 fully saturated rings. The number of hydrogen-bond acceptors (Lipinski definition) is 2.